The normalized spacial score (nSPS) is 9.85. The number of hydrogen-bond acceptors (Lipinski definition) is 1. The predicted molar refractivity (Wildman–Crippen MR) is 59.6 cm³/mol. The van der Waals surface area contributed by atoms with Crippen molar-refractivity contribution in [2.24, 2.45) is 5.92 Å². The van der Waals surface area contributed by atoms with E-state index in [0.717, 1.165) is 19.0 Å². The minimum absolute atomic E-state index is 0.848. The van der Waals surface area contributed by atoms with Gasteiger partial charge in [0, 0.05) is 0 Å². The summed E-state index contributed by atoms with van der Waals surface area (Å²) in [6.07, 6.45) is 5.29. The summed E-state index contributed by atoms with van der Waals surface area (Å²) in [5.41, 5.74) is 0. The molecule has 0 heterocycles. The first kappa shape index (κ1) is 12.5. The molecule has 0 radical (unpaired) electrons. The van der Waals surface area contributed by atoms with Gasteiger partial charge in [0.2, 0.25) is 0 Å². The van der Waals surface area contributed by atoms with Gasteiger partial charge in [-0.25, -0.2) is 0 Å². The zero-order valence-electron chi connectivity index (χ0n) is 9.32. The van der Waals surface area contributed by atoms with Crippen LogP contribution >= 0.6 is 0 Å². The van der Waals surface area contributed by atoms with E-state index in [1.165, 1.54) is 25.7 Å². The number of nitrogens with one attached hydrogen (secondary N) is 1. The molecule has 0 fully saturated rings. The number of hydrogen-bond donors (Lipinski definition) is 1. The Morgan fingerprint density at radius 2 is 1.77 bits per heavy atom. The second kappa shape index (κ2) is 9.61. The van der Waals surface area contributed by atoms with Crippen molar-refractivity contribution in [1.82, 2.24) is 5.32 Å². The van der Waals surface area contributed by atoms with Crippen LogP contribution in [0.3, 0.4) is 0 Å². The fourth-order valence-corrected chi connectivity index (χ4v) is 1.59. The van der Waals surface area contributed by atoms with Gasteiger partial charge in [-0.3, -0.25) is 0 Å². The average molecular weight is 181 g/mol. The van der Waals surface area contributed by atoms with E-state index in [9.17, 15) is 0 Å². The third kappa shape index (κ3) is 7.87. The molecule has 0 aliphatic rings. The number of rotatable bonds is 7. The predicted octanol–water partition coefficient (Wildman–Crippen LogP) is 2.82. The molecule has 0 saturated heterocycles. The minimum atomic E-state index is 0.848. The van der Waals surface area contributed by atoms with Crippen LogP contribution in [0.5, 0.6) is 0 Å². The molecule has 0 unspecified atom stereocenters. The molecule has 0 rings (SSSR count). The van der Waals surface area contributed by atoms with Crippen LogP contribution in [0, 0.1) is 17.8 Å². The van der Waals surface area contributed by atoms with Crippen LogP contribution in [0.15, 0.2) is 0 Å². The third-order valence-electron chi connectivity index (χ3n) is 2.22. The maximum atomic E-state index is 3.38. The van der Waals surface area contributed by atoms with Gasteiger partial charge in [-0.05, 0) is 32.2 Å². The van der Waals surface area contributed by atoms with Crippen molar-refractivity contribution >= 4 is 0 Å². The van der Waals surface area contributed by atoms with Crippen LogP contribution in [0.4, 0.5) is 0 Å². The van der Waals surface area contributed by atoms with Gasteiger partial charge in [-0.15, -0.1) is 5.92 Å². The zero-order chi connectivity index (χ0) is 9.94. The molecule has 0 spiro atoms. The monoisotopic (exact) mass is 181 g/mol. The van der Waals surface area contributed by atoms with E-state index >= 15 is 0 Å². The Morgan fingerprint density at radius 3 is 2.23 bits per heavy atom. The van der Waals surface area contributed by atoms with E-state index in [1.807, 2.05) is 6.92 Å². The van der Waals surface area contributed by atoms with Gasteiger partial charge in [0.15, 0.2) is 0 Å². The van der Waals surface area contributed by atoms with Crippen LogP contribution in [0.25, 0.3) is 0 Å². The lowest BCUT2D eigenvalue weighted by Crippen LogP contribution is -2.23. The standard InChI is InChI=1S/C12H23N/c1-4-7-10-13-11-12(8-5-2)9-6-3/h12-13H,5-6,8-11H2,1-3H3. The molecule has 0 bridgehead atoms. The third-order valence-corrected chi connectivity index (χ3v) is 2.22. The Hall–Kier alpha value is -0.480. The van der Waals surface area contributed by atoms with Crippen LogP contribution in [0.2, 0.25) is 0 Å². The zero-order valence-corrected chi connectivity index (χ0v) is 9.32. The van der Waals surface area contributed by atoms with E-state index in [-0.39, 0.29) is 0 Å². The van der Waals surface area contributed by atoms with Crippen molar-refractivity contribution in [3.05, 3.63) is 0 Å². The highest BCUT2D eigenvalue weighted by molar-refractivity contribution is 4.96. The van der Waals surface area contributed by atoms with Gasteiger partial charge < -0.3 is 5.32 Å². The van der Waals surface area contributed by atoms with Gasteiger partial charge >= 0.3 is 0 Å². The van der Waals surface area contributed by atoms with Gasteiger partial charge in [-0.2, -0.15) is 0 Å². The van der Waals surface area contributed by atoms with E-state index in [4.69, 9.17) is 0 Å². The summed E-state index contributed by atoms with van der Waals surface area (Å²) in [6, 6.07) is 0. The summed E-state index contributed by atoms with van der Waals surface area (Å²) in [4.78, 5) is 0. The molecule has 0 atom stereocenters. The summed E-state index contributed by atoms with van der Waals surface area (Å²) in [6.45, 7) is 8.39. The lowest BCUT2D eigenvalue weighted by molar-refractivity contribution is 0.419. The molecule has 1 heteroatoms. The largest absolute Gasteiger partial charge is 0.306 e. The van der Waals surface area contributed by atoms with Crippen molar-refractivity contribution in [2.75, 3.05) is 13.1 Å². The second-order valence-corrected chi connectivity index (χ2v) is 3.50. The fourth-order valence-electron chi connectivity index (χ4n) is 1.59. The molecular weight excluding hydrogens is 158 g/mol. The van der Waals surface area contributed by atoms with Crippen molar-refractivity contribution in [2.45, 2.75) is 46.5 Å². The molecule has 0 aliphatic heterocycles. The summed E-state index contributed by atoms with van der Waals surface area (Å²) in [7, 11) is 0. The minimum Gasteiger partial charge on any atom is -0.306 e. The van der Waals surface area contributed by atoms with E-state index < -0.39 is 0 Å². The molecule has 1 nitrogen and oxygen atoms in total. The Kier molecular flexibility index (Phi) is 9.25. The first-order valence-corrected chi connectivity index (χ1v) is 5.45. The first-order valence-electron chi connectivity index (χ1n) is 5.45. The van der Waals surface area contributed by atoms with Gasteiger partial charge in [0.05, 0.1) is 6.54 Å². The lowest BCUT2D eigenvalue weighted by atomic mass is 9.98. The summed E-state index contributed by atoms with van der Waals surface area (Å²) in [5.74, 6) is 6.77. The van der Waals surface area contributed by atoms with Crippen LogP contribution in [-0.4, -0.2) is 13.1 Å². The lowest BCUT2D eigenvalue weighted by Gasteiger charge is -2.14. The van der Waals surface area contributed by atoms with Crippen LogP contribution in [0.1, 0.15) is 46.5 Å². The highest BCUT2D eigenvalue weighted by Gasteiger charge is 2.04. The van der Waals surface area contributed by atoms with Gasteiger partial charge in [0.1, 0.15) is 0 Å². The molecule has 0 aromatic carbocycles. The van der Waals surface area contributed by atoms with Crippen molar-refractivity contribution in [3.8, 4) is 11.8 Å². The molecule has 1 N–H and O–H groups in total. The molecule has 0 aromatic rings. The molecule has 0 aromatic heterocycles. The highest BCUT2D eigenvalue weighted by atomic mass is 14.8. The van der Waals surface area contributed by atoms with E-state index in [1.54, 1.807) is 0 Å². The summed E-state index contributed by atoms with van der Waals surface area (Å²) in [5, 5.41) is 3.38. The molecule has 0 aliphatic carbocycles. The van der Waals surface area contributed by atoms with Crippen molar-refractivity contribution < 1.29 is 0 Å². The average Bonchev–Trinajstić information content (AvgIpc) is 2.13. The van der Waals surface area contributed by atoms with E-state index in [2.05, 4.69) is 31.0 Å². The Morgan fingerprint density at radius 1 is 1.15 bits per heavy atom. The highest BCUT2D eigenvalue weighted by Crippen LogP contribution is 2.11. The fraction of sp³-hybridized carbons (Fsp3) is 0.833. The molecule has 13 heavy (non-hydrogen) atoms. The first-order chi connectivity index (χ1) is 6.35. The molecular formula is C12H23N. The quantitative estimate of drug-likeness (QED) is 0.470. The Bertz CT molecular complexity index is 146. The topological polar surface area (TPSA) is 12.0 Å². The molecule has 76 valence electrons. The second-order valence-electron chi connectivity index (χ2n) is 3.50. The van der Waals surface area contributed by atoms with Crippen molar-refractivity contribution in [3.63, 3.8) is 0 Å². The summed E-state index contributed by atoms with van der Waals surface area (Å²) < 4.78 is 0. The maximum Gasteiger partial charge on any atom is 0.0576 e. The van der Waals surface area contributed by atoms with Crippen molar-refractivity contribution in [1.29, 1.82) is 0 Å². The van der Waals surface area contributed by atoms with E-state index in [0.29, 0.717) is 0 Å². The summed E-state index contributed by atoms with van der Waals surface area (Å²) >= 11 is 0. The van der Waals surface area contributed by atoms with Gasteiger partial charge in [0.25, 0.3) is 0 Å². The molecule has 0 amide bonds. The van der Waals surface area contributed by atoms with Crippen LogP contribution < -0.4 is 5.32 Å². The maximum absolute atomic E-state index is 3.38. The Labute approximate surface area is 83.3 Å². The Balaban J connectivity index is 3.47. The smallest absolute Gasteiger partial charge is 0.0576 e. The van der Waals surface area contributed by atoms with Crippen LogP contribution in [-0.2, 0) is 0 Å². The SMILES string of the molecule is CC#CCNCC(CCC)CCC. The van der Waals surface area contributed by atoms with Gasteiger partial charge in [-0.1, -0.05) is 32.6 Å². The molecule has 0 saturated carbocycles.